The number of carbonyl (C=O) groups excluding carboxylic acids is 1. The van der Waals surface area contributed by atoms with Crippen molar-refractivity contribution in [3.63, 3.8) is 0 Å². The Morgan fingerprint density at radius 2 is 1.80 bits per heavy atom. The molecule has 5 heteroatoms. The molecular formula is C15H22N2O3. The molecule has 1 aliphatic rings. The third kappa shape index (κ3) is 3.79. The Hall–Kier alpha value is -1.43. The van der Waals surface area contributed by atoms with E-state index in [9.17, 15) is 15.0 Å². The molecule has 0 bridgehead atoms. The van der Waals surface area contributed by atoms with Gasteiger partial charge in [-0.3, -0.25) is 9.69 Å². The number of hydrogen-bond acceptors (Lipinski definition) is 4. The Bertz CT molecular complexity index is 451. The molecular weight excluding hydrogens is 256 g/mol. The zero-order valence-corrected chi connectivity index (χ0v) is 12.0. The zero-order valence-electron chi connectivity index (χ0n) is 12.0. The largest absolute Gasteiger partial charge is 0.389 e. The molecule has 1 amide bonds. The van der Waals surface area contributed by atoms with Crippen LogP contribution in [0.5, 0.6) is 0 Å². The van der Waals surface area contributed by atoms with Crippen molar-refractivity contribution in [2.75, 3.05) is 26.7 Å². The summed E-state index contributed by atoms with van der Waals surface area (Å²) in [6.45, 7) is 3.54. The average Bonchev–Trinajstić information content (AvgIpc) is 2.71. The molecule has 1 saturated heterocycles. The van der Waals surface area contributed by atoms with Gasteiger partial charge in [-0.25, -0.2) is 0 Å². The summed E-state index contributed by atoms with van der Waals surface area (Å²) in [7, 11) is 1.77. The summed E-state index contributed by atoms with van der Waals surface area (Å²) in [6, 6.07) is 8.09. The van der Waals surface area contributed by atoms with Crippen molar-refractivity contribution in [3.05, 3.63) is 35.4 Å². The van der Waals surface area contributed by atoms with E-state index in [1.54, 1.807) is 16.8 Å². The third-order valence-electron chi connectivity index (χ3n) is 3.66. The Balaban J connectivity index is 1.84. The normalized spacial score (nSPS) is 23.0. The van der Waals surface area contributed by atoms with E-state index in [0.717, 1.165) is 5.56 Å². The SMILES string of the molecule is Cc1ccc(CN(C)C(=O)CN2C[C@@H](O)[C@@H](O)C2)cc1. The number of likely N-dealkylation sites (N-methyl/N-ethyl adjacent to an activating group) is 1. The molecule has 0 aromatic heterocycles. The number of nitrogens with zero attached hydrogens (tertiary/aromatic N) is 2. The minimum absolute atomic E-state index is 0.00752. The smallest absolute Gasteiger partial charge is 0.236 e. The predicted molar refractivity (Wildman–Crippen MR) is 76.1 cm³/mol. The Morgan fingerprint density at radius 1 is 1.25 bits per heavy atom. The highest BCUT2D eigenvalue weighted by molar-refractivity contribution is 5.78. The lowest BCUT2D eigenvalue weighted by Crippen LogP contribution is -2.37. The molecule has 2 atom stereocenters. The summed E-state index contributed by atoms with van der Waals surface area (Å²) >= 11 is 0. The number of aryl methyl sites for hydroxylation is 1. The van der Waals surface area contributed by atoms with E-state index in [4.69, 9.17) is 0 Å². The number of benzene rings is 1. The van der Waals surface area contributed by atoms with E-state index in [1.807, 2.05) is 31.2 Å². The summed E-state index contributed by atoms with van der Waals surface area (Å²) in [6.07, 6.45) is -1.49. The van der Waals surface area contributed by atoms with Crippen LogP contribution in [0.3, 0.4) is 0 Å². The van der Waals surface area contributed by atoms with E-state index in [2.05, 4.69) is 0 Å². The molecule has 1 heterocycles. The molecule has 1 aromatic carbocycles. The van der Waals surface area contributed by atoms with Crippen LogP contribution in [0, 0.1) is 6.92 Å². The first-order valence-corrected chi connectivity index (χ1v) is 6.83. The second kappa shape index (κ2) is 6.35. The highest BCUT2D eigenvalue weighted by atomic mass is 16.3. The van der Waals surface area contributed by atoms with Gasteiger partial charge in [0, 0.05) is 26.7 Å². The van der Waals surface area contributed by atoms with Gasteiger partial charge in [0.1, 0.15) is 0 Å². The highest BCUT2D eigenvalue weighted by Gasteiger charge is 2.30. The first-order valence-electron chi connectivity index (χ1n) is 6.83. The van der Waals surface area contributed by atoms with Crippen molar-refractivity contribution >= 4 is 5.91 Å². The fourth-order valence-corrected chi connectivity index (χ4v) is 2.34. The monoisotopic (exact) mass is 278 g/mol. The molecule has 0 aliphatic carbocycles. The van der Waals surface area contributed by atoms with Gasteiger partial charge in [-0.15, -0.1) is 0 Å². The maximum absolute atomic E-state index is 12.1. The standard InChI is InChI=1S/C15H22N2O3/c1-11-3-5-12(6-4-11)7-16(2)15(20)10-17-8-13(18)14(19)9-17/h3-6,13-14,18-19H,7-10H2,1-2H3/t13-,14+. The van der Waals surface area contributed by atoms with E-state index >= 15 is 0 Å². The summed E-state index contributed by atoms with van der Waals surface area (Å²) < 4.78 is 0. The molecule has 0 unspecified atom stereocenters. The van der Waals surface area contributed by atoms with Crippen LogP contribution >= 0.6 is 0 Å². The molecule has 0 radical (unpaired) electrons. The summed E-state index contributed by atoms with van der Waals surface area (Å²) in [4.78, 5) is 15.6. The zero-order chi connectivity index (χ0) is 14.7. The van der Waals surface area contributed by atoms with Crippen LogP contribution in [-0.4, -0.2) is 64.8 Å². The van der Waals surface area contributed by atoms with Crippen molar-refractivity contribution in [2.45, 2.75) is 25.7 Å². The molecule has 2 N–H and O–H groups in total. The lowest BCUT2D eigenvalue weighted by molar-refractivity contribution is -0.131. The Labute approximate surface area is 119 Å². The Morgan fingerprint density at radius 3 is 2.35 bits per heavy atom. The summed E-state index contributed by atoms with van der Waals surface area (Å²) in [5.41, 5.74) is 2.29. The number of aliphatic hydroxyl groups excluding tert-OH is 2. The molecule has 110 valence electrons. The maximum atomic E-state index is 12.1. The van der Waals surface area contributed by atoms with Crippen molar-refractivity contribution in [3.8, 4) is 0 Å². The first-order chi connectivity index (χ1) is 9.45. The van der Waals surface area contributed by atoms with E-state index in [0.29, 0.717) is 19.6 Å². The number of aliphatic hydroxyl groups is 2. The van der Waals surface area contributed by atoms with Crippen molar-refractivity contribution in [1.29, 1.82) is 0 Å². The van der Waals surface area contributed by atoms with Crippen LogP contribution in [-0.2, 0) is 11.3 Å². The van der Waals surface area contributed by atoms with Gasteiger partial charge in [-0.2, -0.15) is 0 Å². The highest BCUT2D eigenvalue weighted by Crippen LogP contribution is 2.11. The minimum Gasteiger partial charge on any atom is -0.389 e. The lowest BCUT2D eigenvalue weighted by atomic mass is 10.1. The van der Waals surface area contributed by atoms with E-state index in [1.165, 1.54) is 5.56 Å². The molecule has 2 rings (SSSR count). The maximum Gasteiger partial charge on any atom is 0.236 e. The number of β-amino-alcohol motifs (C(OH)–C–C–N with tert-alkyl or cyclic N) is 2. The van der Waals surface area contributed by atoms with Crippen molar-refractivity contribution < 1.29 is 15.0 Å². The van der Waals surface area contributed by atoms with Gasteiger partial charge < -0.3 is 15.1 Å². The number of amides is 1. The van der Waals surface area contributed by atoms with Gasteiger partial charge >= 0.3 is 0 Å². The van der Waals surface area contributed by atoms with Crippen LogP contribution in [0.25, 0.3) is 0 Å². The molecule has 1 aliphatic heterocycles. The minimum atomic E-state index is -0.745. The second-order valence-electron chi connectivity index (χ2n) is 5.56. The molecule has 0 spiro atoms. The van der Waals surface area contributed by atoms with Gasteiger partial charge in [0.05, 0.1) is 18.8 Å². The first kappa shape index (κ1) is 15.0. The van der Waals surface area contributed by atoms with Gasteiger partial charge in [-0.05, 0) is 12.5 Å². The van der Waals surface area contributed by atoms with Crippen LogP contribution in [0.1, 0.15) is 11.1 Å². The quantitative estimate of drug-likeness (QED) is 0.813. The summed E-state index contributed by atoms with van der Waals surface area (Å²) in [5, 5.41) is 18.9. The Kier molecular flexibility index (Phi) is 4.75. The number of likely N-dealkylation sites (tertiary alicyclic amines) is 1. The fourth-order valence-electron chi connectivity index (χ4n) is 2.34. The van der Waals surface area contributed by atoms with Crippen LogP contribution in [0.4, 0.5) is 0 Å². The van der Waals surface area contributed by atoms with E-state index in [-0.39, 0.29) is 12.5 Å². The number of hydrogen-bond donors (Lipinski definition) is 2. The second-order valence-corrected chi connectivity index (χ2v) is 5.56. The van der Waals surface area contributed by atoms with Crippen LogP contribution in [0.2, 0.25) is 0 Å². The van der Waals surface area contributed by atoms with E-state index < -0.39 is 12.2 Å². The van der Waals surface area contributed by atoms with Crippen molar-refractivity contribution in [1.82, 2.24) is 9.80 Å². The number of rotatable bonds is 4. The van der Waals surface area contributed by atoms with Crippen molar-refractivity contribution in [2.24, 2.45) is 0 Å². The lowest BCUT2D eigenvalue weighted by Gasteiger charge is -2.21. The number of carbonyl (C=O) groups is 1. The predicted octanol–water partition coefficient (Wildman–Crippen LogP) is -0.00918. The fraction of sp³-hybridized carbons (Fsp3) is 0.533. The third-order valence-corrected chi connectivity index (χ3v) is 3.66. The summed E-state index contributed by atoms with van der Waals surface area (Å²) in [5.74, 6) is -0.00752. The topological polar surface area (TPSA) is 64.0 Å². The molecule has 5 nitrogen and oxygen atoms in total. The van der Waals surface area contributed by atoms with Crippen LogP contribution < -0.4 is 0 Å². The van der Waals surface area contributed by atoms with Gasteiger partial charge in [-0.1, -0.05) is 29.8 Å². The van der Waals surface area contributed by atoms with Gasteiger partial charge in [0.2, 0.25) is 5.91 Å². The molecule has 1 aromatic rings. The van der Waals surface area contributed by atoms with Gasteiger partial charge in [0.15, 0.2) is 0 Å². The van der Waals surface area contributed by atoms with Crippen LogP contribution in [0.15, 0.2) is 24.3 Å². The van der Waals surface area contributed by atoms with Gasteiger partial charge in [0.25, 0.3) is 0 Å². The molecule has 1 fully saturated rings. The molecule has 0 saturated carbocycles. The average molecular weight is 278 g/mol. The molecule has 20 heavy (non-hydrogen) atoms.